The Hall–Kier alpha value is -0.530. The fraction of sp³-hybridized carbons (Fsp3) is 0.923. The summed E-state index contributed by atoms with van der Waals surface area (Å²) in [4.78, 5) is 11.7. The molecule has 2 bridgehead atoms. The van der Waals surface area contributed by atoms with E-state index in [-0.39, 0.29) is 0 Å². The molecule has 0 spiro atoms. The molecule has 84 valence electrons. The van der Waals surface area contributed by atoms with Crippen molar-refractivity contribution < 1.29 is 4.79 Å². The molecule has 0 aromatic rings. The zero-order valence-electron chi connectivity index (χ0n) is 9.37. The summed E-state index contributed by atoms with van der Waals surface area (Å²) in [7, 11) is 0. The number of hydrogen-bond acceptors (Lipinski definition) is 1. The van der Waals surface area contributed by atoms with Crippen LogP contribution in [0.3, 0.4) is 0 Å². The zero-order valence-corrected chi connectivity index (χ0v) is 9.37. The van der Waals surface area contributed by atoms with Gasteiger partial charge in [0.2, 0.25) is 5.91 Å². The highest BCUT2D eigenvalue weighted by Crippen LogP contribution is 2.49. The first-order valence-corrected chi connectivity index (χ1v) is 6.58. The molecule has 3 saturated carbocycles. The van der Waals surface area contributed by atoms with Gasteiger partial charge >= 0.3 is 0 Å². The Morgan fingerprint density at radius 1 is 1.13 bits per heavy atom. The van der Waals surface area contributed by atoms with Crippen molar-refractivity contribution in [3.05, 3.63) is 0 Å². The van der Waals surface area contributed by atoms with Crippen LogP contribution in [0.25, 0.3) is 0 Å². The molecular formula is C13H21NO. The third kappa shape index (κ3) is 2.19. The van der Waals surface area contributed by atoms with E-state index in [2.05, 4.69) is 5.32 Å². The molecule has 0 aromatic heterocycles. The fourth-order valence-corrected chi connectivity index (χ4v) is 3.52. The molecule has 15 heavy (non-hydrogen) atoms. The van der Waals surface area contributed by atoms with Gasteiger partial charge in [-0.3, -0.25) is 4.79 Å². The van der Waals surface area contributed by atoms with Gasteiger partial charge in [0.05, 0.1) is 0 Å². The lowest BCUT2D eigenvalue weighted by molar-refractivity contribution is -0.122. The third-order valence-electron chi connectivity index (χ3n) is 4.62. The predicted octanol–water partition coefficient (Wildman–Crippen LogP) is 2.34. The molecule has 1 amide bonds. The van der Waals surface area contributed by atoms with E-state index in [0.29, 0.717) is 5.91 Å². The summed E-state index contributed by atoms with van der Waals surface area (Å²) in [6.45, 7) is 0.944. The highest BCUT2D eigenvalue weighted by atomic mass is 16.1. The van der Waals surface area contributed by atoms with Crippen molar-refractivity contribution in [2.45, 2.75) is 44.9 Å². The van der Waals surface area contributed by atoms with E-state index in [4.69, 9.17) is 0 Å². The van der Waals surface area contributed by atoms with Crippen molar-refractivity contribution in [2.24, 2.45) is 23.7 Å². The van der Waals surface area contributed by atoms with Crippen molar-refractivity contribution in [3.63, 3.8) is 0 Å². The normalized spacial score (nSPS) is 38.3. The summed E-state index contributed by atoms with van der Waals surface area (Å²) in [5.74, 6) is 3.72. The van der Waals surface area contributed by atoms with Gasteiger partial charge in [0, 0.05) is 13.0 Å². The molecule has 3 fully saturated rings. The number of carbonyl (C=O) groups excluding carboxylic acids is 1. The SMILES string of the molecule is O=C(C[C@H]1C[C@H]2CC[C@H]1C2)NCC1CC1. The van der Waals surface area contributed by atoms with E-state index in [1.807, 2.05) is 0 Å². The van der Waals surface area contributed by atoms with E-state index in [0.717, 1.165) is 36.6 Å². The molecule has 0 unspecified atom stereocenters. The molecule has 3 rings (SSSR count). The van der Waals surface area contributed by atoms with Crippen molar-refractivity contribution in [3.8, 4) is 0 Å². The minimum Gasteiger partial charge on any atom is -0.356 e. The third-order valence-corrected chi connectivity index (χ3v) is 4.62. The summed E-state index contributed by atoms with van der Waals surface area (Å²) in [5.41, 5.74) is 0. The number of fused-ring (bicyclic) bond motifs is 2. The van der Waals surface area contributed by atoms with E-state index >= 15 is 0 Å². The van der Waals surface area contributed by atoms with Crippen molar-refractivity contribution in [1.29, 1.82) is 0 Å². The maximum Gasteiger partial charge on any atom is 0.220 e. The second-order valence-electron chi connectivity index (χ2n) is 5.89. The van der Waals surface area contributed by atoms with Gasteiger partial charge in [-0.15, -0.1) is 0 Å². The lowest BCUT2D eigenvalue weighted by Crippen LogP contribution is -2.28. The summed E-state index contributed by atoms with van der Waals surface area (Å²) in [6, 6.07) is 0. The molecule has 0 aromatic carbocycles. The van der Waals surface area contributed by atoms with Crippen LogP contribution < -0.4 is 5.32 Å². The molecule has 2 nitrogen and oxygen atoms in total. The van der Waals surface area contributed by atoms with Gasteiger partial charge in [-0.05, 0) is 55.8 Å². The Kier molecular flexibility index (Phi) is 2.45. The Balaban J connectivity index is 1.42. The van der Waals surface area contributed by atoms with Crippen LogP contribution in [-0.2, 0) is 4.79 Å². The van der Waals surface area contributed by atoms with Crippen LogP contribution in [0.4, 0.5) is 0 Å². The molecule has 1 N–H and O–H groups in total. The zero-order chi connectivity index (χ0) is 10.3. The standard InChI is InChI=1S/C13H21NO/c15-13(14-8-9-1-2-9)7-12-6-10-3-4-11(12)5-10/h9-12H,1-8H2,(H,14,15)/t10-,11-,12+/m0/s1. The van der Waals surface area contributed by atoms with Crippen molar-refractivity contribution in [1.82, 2.24) is 5.32 Å². The minimum atomic E-state index is 0.319. The maximum atomic E-state index is 11.7. The van der Waals surface area contributed by atoms with Crippen molar-refractivity contribution >= 4 is 5.91 Å². The fourth-order valence-electron chi connectivity index (χ4n) is 3.52. The molecule has 3 atom stereocenters. The molecular weight excluding hydrogens is 186 g/mol. The maximum absolute atomic E-state index is 11.7. The number of rotatable bonds is 4. The first-order chi connectivity index (χ1) is 7.31. The van der Waals surface area contributed by atoms with Gasteiger partial charge in [0.25, 0.3) is 0 Å². The molecule has 0 saturated heterocycles. The quantitative estimate of drug-likeness (QED) is 0.753. The van der Waals surface area contributed by atoms with Gasteiger partial charge in [0.15, 0.2) is 0 Å². The molecule has 3 aliphatic carbocycles. The molecule has 2 heteroatoms. The average molecular weight is 207 g/mol. The van der Waals surface area contributed by atoms with Crippen LogP contribution in [0, 0.1) is 23.7 Å². The molecule has 3 aliphatic rings. The minimum absolute atomic E-state index is 0.319. The van der Waals surface area contributed by atoms with E-state index in [1.54, 1.807) is 0 Å². The first kappa shape index (κ1) is 9.68. The Morgan fingerprint density at radius 2 is 2.00 bits per heavy atom. The summed E-state index contributed by atoms with van der Waals surface area (Å²) in [5, 5.41) is 3.09. The largest absolute Gasteiger partial charge is 0.356 e. The first-order valence-electron chi connectivity index (χ1n) is 6.58. The number of nitrogens with one attached hydrogen (secondary N) is 1. The number of carbonyl (C=O) groups is 1. The monoisotopic (exact) mass is 207 g/mol. The number of hydrogen-bond donors (Lipinski definition) is 1. The number of amides is 1. The second-order valence-corrected chi connectivity index (χ2v) is 5.89. The average Bonchev–Trinajstić information content (AvgIpc) is 2.84. The predicted molar refractivity (Wildman–Crippen MR) is 59.3 cm³/mol. The van der Waals surface area contributed by atoms with Gasteiger partial charge in [-0.25, -0.2) is 0 Å². The van der Waals surface area contributed by atoms with Crippen LogP contribution in [0.15, 0.2) is 0 Å². The summed E-state index contributed by atoms with van der Waals surface area (Å²) < 4.78 is 0. The Morgan fingerprint density at radius 3 is 2.60 bits per heavy atom. The van der Waals surface area contributed by atoms with Crippen LogP contribution >= 0.6 is 0 Å². The van der Waals surface area contributed by atoms with Crippen molar-refractivity contribution in [2.75, 3.05) is 6.54 Å². The summed E-state index contributed by atoms with van der Waals surface area (Å²) in [6.07, 6.45) is 9.05. The van der Waals surface area contributed by atoms with E-state index in [1.165, 1.54) is 38.5 Å². The highest BCUT2D eigenvalue weighted by molar-refractivity contribution is 5.76. The van der Waals surface area contributed by atoms with E-state index < -0.39 is 0 Å². The highest BCUT2D eigenvalue weighted by Gasteiger charge is 2.40. The van der Waals surface area contributed by atoms with Crippen LogP contribution in [0.2, 0.25) is 0 Å². The molecule has 0 heterocycles. The second kappa shape index (κ2) is 3.80. The lowest BCUT2D eigenvalue weighted by Gasteiger charge is -2.20. The molecule has 0 radical (unpaired) electrons. The van der Waals surface area contributed by atoms with Gasteiger partial charge < -0.3 is 5.32 Å². The summed E-state index contributed by atoms with van der Waals surface area (Å²) >= 11 is 0. The van der Waals surface area contributed by atoms with Crippen LogP contribution in [0.1, 0.15) is 44.9 Å². The van der Waals surface area contributed by atoms with Crippen LogP contribution in [0.5, 0.6) is 0 Å². The topological polar surface area (TPSA) is 29.1 Å². The van der Waals surface area contributed by atoms with Crippen LogP contribution in [-0.4, -0.2) is 12.5 Å². The van der Waals surface area contributed by atoms with E-state index in [9.17, 15) is 4.79 Å². The smallest absolute Gasteiger partial charge is 0.220 e. The molecule has 0 aliphatic heterocycles. The van der Waals surface area contributed by atoms with Gasteiger partial charge in [0.1, 0.15) is 0 Å². The van der Waals surface area contributed by atoms with Gasteiger partial charge in [-0.1, -0.05) is 6.42 Å². The Bertz CT molecular complexity index is 259. The lowest BCUT2D eigenvalue weighted by atomic mass is 9.86. The Labute approximate surface area is 91.8 Å². The van der Waals surface area contributed by atoms with Gasteiger partial charge in [-0.2, -0.15) is 0 Å².